The molecule has 2 aromatic rings. The van der Waals surface area contributed by atoms with Crippen molar-refractivity contribution in [2.24, 2.45) is 0 Å². The van der Waals surface area contributed by atoms with Crippen LogP contribution in [0, 0.1) is 0 Å². The van der Waals surface area contributed by atoms with E-state index in [2.05, 4.69) is 25.4 Å². The number of alkyl halides is 3. The number of carbonyl (C=O) groups is 2. The topological polar surface area (TPSA) is 82.1 Å². The van der Waals surface area contributed by atoms with Gasteiger partial charge in [-0.25, -0.2) is 9.59 Å². The van der Waals surface area contributed by atoms with Gasteiger partial charge in [0, 0.05) is 11.2 Å². The van der Waals surface area contributed by atoms with Crippen LogP contribution < -0.4 is 4.74 Å². The summed E-state index contributed by atoms with van der Waals surface area (Å²) in [5.41, 5.74) is 0.826. The maximum Gasteiger partial charge on any atom is 0.337 e. The minimum Gasteiger partial charge on any atom is -0.508 e. The molecule has 0 atom stereocenters. The van der Waals surface area contributed by atoms with Crippen LogP contribution in [-0.2, 0) is 9.47 Å². The van der Waals surface area contributed by atoms with Crippen LogP contribution >= 0.6 is 39.1 Å². The van der Waals surface area contributed by atoms with Crippen molar-refractivity contribution >= 4 is 51.1 Å². The summed E-state index contributed by atoms with van der Waals surface area (Å²) in [5.74, 6) is 0.992. The van der Waals surface area contributed by atoms with Gasteiger partial charge in [0.2, 0.25) is 0 Å². The fourth-order valence-electron chi connectivity index (χ4n) is 1.74. The molecule has 29 heavy (non-hydrogen) atoms. The lowest BCUT2D eigenvalue weighted by molar-refractivity contribution is 0.0591. The molecule has 0 aromatic heterocycles. The number of phenols is 1. The maximum atomic E-state index is 11.1. The van der Waals surface area contributed by atoms with Gasteiger partial charge in [0.05, 0.1) is 31.2 Å². The summed E-state index contributed by atoms with van der Waals surface area (Å²) >= 11 is 13.7. The Kier molecular flexibility index (Phi) is 15.8. The Morgan fingerprint density at radius 3 is 1.90 bits per heavy atom. The summed E-state index contributed by atoms with van der Waals surface area (Å²) in [7, 11) is 2.64. The van der Waals surface area contributed by atoms with Crippen LogP contribution in [0.4, 0.5) is 0 Å². The van der Waals surface area contributed by atoms with E-state index in [-0.39, 0.29) is 11.7 Å². The molecular weight excluding hydrogens is 487 g/mol. The standard InChI is InChI=1S/C10H11ClO3.C8H8O3.C2H4BrCl/c1-13-10(12)8-3-2-4-9(7-8)14-6-5-11;1-11-8(10)6-3-2-4-7(9)5-6;3-1-2-4/h2-4,7H,5-6H2,1H3;2-5,9H,1H3;1-2H2. The molecule has 0 fully saturated rings. The average molecular weight is 510 g/mol. The lowest BCUT2D eigenvalue weighted by Crippen LogP contribution is -2.03. The van der Waals surface area contributed by atoms with Crippen molar-refractivity contribution in [1.82, 2.24) is 0 Å². The predicted octanol–water partition coefficient (Wildman–Crippen LogP) is 4.89. The fourth-order valence-corrected chi connectivity index (χ4v) is 1.82. The number of hydrogen-bond donors (Lipinski definition) is 1. The first kappa shape index (κ1) is 27.0. The molecule has 0 heterocycles. The Hall–Kier alpha value is -1.96. The second-order valence-electron chi connectivity index (χ2n) is 4.98. The third-order valence-electron chi connectivity index (χ3n) is 2.94. The number of esters is 2. The zero-order valence-corrected chi connectivity index (χ0v) is 19.2. The number of halogens is 3. The first-order valence-corrected chi connectivity index (χ1v) is 10.5. The minimum atomic E-state index is -0.444. The van der Waals surface area contributed by atoms with Crippen molar-refractivity contribution in [3.63, 3.8) is 0 Å². The van der Waals surface area contributed by atoms with Crippen molar-refractivity contribution in [3.05, 3.63) is 59.7 Å². The summed E-state index contributed by atoms with van der Waals surface area (Å²) in [6.07, 6.45) is 0. The summed E-state index contributed by atoms with van der Waals surface area (Å²) in [6, 6.07) is 12.8. The Labute approximate surface area is 188 Å². The van der Waals surface area contributed by atoms with Gasteiger partial charge in [-0.05, 0) is 36.4 Å². The smallest absolute Gasteiger partial charge is 0.337 e. The molecule has 0 spiro atoms. The summed E-state index contributed by atoms with van der Waals surface area (Å²) in [5, 5.41) is 9.85. The largest absolute Gasteiger partial charge is 0.508 e. The number of benzene rings is 2. The van der Waals surface area contributed by atoms with E-state index >= 15 is 0 Å². The average Bonchev–Trinajstić information content (AvgIpc) is 2.77. The lowest BCUT2D eigenvalue weighted by Gasteiger charge is -2.05. The van der Waals surface area contributed by atoms with Crippen LogP contribution in [-0.4, -0.2) is 55.0 Å². The number of ether oxygens (including phenoxy) is 3. The van der Waals surface area contributed by atoms with Crippen LogP contribution in [0.25, 0.3) is 0 Å². The zero-order chi connectivity index (χ0) is 22.1. The number of rotatable bonds is 6. The van der Waals surface area contributed by atoms with Crippen molar-refractivity contribution in [1.29, 1.82) is 0 Å². The molecule has 0 aliphatic heterocycles. The van der Waals surface area contributed by atoms with Gasteiger partial charge in [-0.1, -0.05) is 28.1 Å². The highest BCUT2D eigenvalue weighted by atomic mass is 79.9. The summed E-state index contributed by atoms with van der Waals surface area (Å²) in [6.45, 7) is 0.423. The summed E-state index contributed by atoms with van der Waals surface area (Å²) in [4.78, 5) is 22.0. The van der Waals surface area contributed by atoms with E-state index in [1.165, 1.54) is 26.4 Å². The SMILES string of the molecule is COC(=O)c1cccc(O)c1.COC(=O)c1cccc(OCCCl)c1.ClCCBr. The molecule has 2 rings (SSSR count). The monoisotopic (exact) mass is 508 g/mol. The second-order valence-corrected chi connectivity index (χ2v) is 6.53. The quantitative estimate of drug-likeness (QED) is 0.441. The predicted molar refractivity (Wildman–Crippen MR) is 118 cm³/mol. The number of aromatic hydroxyl groups is 1. The van der Waals surface area contributed by atoms with Gasteiger partial charge >= 0.3 is 11.9 Å². The normalized spacial score (nSPS) is 9.14. The number of hydrogen-bond acceptors (Lipinski definition) is 6. The molecule has 0 aliphatic carbocycles. The highest BCUT2D eigenvalue weighted by molar-refractivity contribution is 9.09. The van der Waals surface area contributed by atoms with E-state index < -0.39 is 5.97 Å². The Morgan fingerprint density at radius 2 is 1.45 bits per heavy atom. The minimum absolute atomic E-state index is 0.0629. The van der Waals surface area contributed by atoms with Crippen molar-refractivity contribution in [2.45, 2.75) is 0 Å². The van der Waals surface area contributed by atoms with E-state index in [4.69, 9.17) is 33.0 Å². The van der Waals surface area contributed by atoms with E-state index in [1.807, 2.05) is 0 Å². The lowest BCUT2D eigenvalue weighted by atomic mass is 10.2. The molecule has 0 bridgehead atoms. The molecule has 0 saturated carbocycles. The first-order valence-electron chi connectivity index (χ1n) is 8.29. The van der Waals surface area contributed by atoms with Crippen LogP contribution in [0.5, 0.6) is 11.5 Å². The maximum absolute atomic E-state index is 11.1. The highest BCUT2D eigenvalue weighted by Crippen LogP contribution is 2.14. The molecule has 0 aliphatic rings. The highest BCUT2D eigenvalue weighted by Gasteiger charge is 2.05. The molecule has 160 valence electrons. The molecular formula is C20H23BrCl2O6. The number of carbonyl (C=O) groups excluding carboxylic acids is 2. The molecule has 0 unspecified atom stereocenters. The van der Waals surface area contributed by atoms with E-state index in [0.29, 0.717) is 35.2 Å². The zero-order valence-electron chi connectivity index (χ0n) is 16.1. The Bertz CT molecular complexity index is 740. The Balaban J connectivity index is 0.000000466. The van der Waals surface area contributed by atoms with Gasteiger partial charge in [0.1, 0.15) is 18.1 Å². The van der Waals surface area contributed by atoms with Crippen LogP contribution in [0.3, 0.4) is 0 Å². The number of phenolic OH excluding ortho intramolecular Hbond substituents is 1. The van der Waals surface area contributed by atoms with E-state index in [1.54, 1.807) is 36.4 Å². The molecule has 6 nitrogen and oxygen atoms in total. The van der Waals surface area contributed by atoms with Crippen molar-refractivity contribution < 1.29 is 28.9 Å². The Morgan fingerprint density at radius 1 is 0.931 bits per heavy atom. The first-order chi connectivity index (χ1) is 13.9. The molecule has 0 radical (unpaired) electrons. The molecule has 0 amide bonds. The molecule has 1 N–H and O–H groups in total. The van der Waals surface area contributed by atoms with E-state index in [9.17, 15) is 9.59 Å². The van der Waals surface area contributed by atoms with Gasteiger partial charge in [0.25, 0.3) is 0 Å². The van der Waals surface area contributed by atoms with Gasteiger partial charge in [-0.15, -0.1) is 23.2 Å². The third-order valence-corrected chi connectivity index (χ3v) is 4.14. The van der Waals surface area contributed by atoms with Crippen LogP contribution in [0.15, 0.2) is 48.5 Å². The van der Waals surface area contributed by atoms with Crippen LogP contribution in [0.1, 0.15) is 20.7 Å². The van der Waals surface area contributed by atoms with Crippen molar-refractivity contribution in [2.75, 3.05) is 37.9 Å². The van der Waals surface area contributed by atoms with Crippen LogP contribution in [0.2, 0.25) is 0 Å². The van der Waals surface area contributed by atoms with Gasteiger partial charge in [-0.2, -0.15) is 0 Å². The molecule has 0 saturated heterocycles. The fraction of sp³-hybridized carbons (Fsp3) is 0.300. The summed E-state index contributed by atoms with van der Waals surface area (Å²) < 4.78 is 14.3. The van der Waals surface area contributed by atoms with E-state index in [0.717, 1.165) is 5.33 Å². The van der Waals surface area contributed by atoms with Gasteiger partial charge in [0.15, 0.2) is 0 Å². The molecule has 9 heteroatoms. The van der Waals surface area contributed by atoms with Gasteiger partial charge < -0.3 is 19.3 Å². The second kappa shape index (κ2) is 16.9. The molecule has 2 aromatic carbocycles. The van der Waals surface area contributed by atoms with Crippen molar-refractivity contribution in [3.8, 4) is 11.5 Å². The number of methoxy groups -OCH3 is 2. The van der Waals surface area contributed by atoms with Gasteiger partial charge in [-0.3, -0.25) is 0 Å². The third kappa shape index (κ3) is 12.3.